The topological polar surface area (TPSA) is 89.1 Å². The van der Waals surface area contributed by atoms with Crippen LogP contribution in [0.5, 0.6) is 5.75 Å². The highest BCUT2D eigenvalue weighted by molar-refractivity contribution is 5.84. The van der Waals surface area contributed by atoms with Gasteiger partial charge >= 0.3 is 5.97 Å². The number of nitrogens with zero attached hydrogens (tertiary/aromatic N) is 2. The van der Waals surface area contributed by atoms with Gasteiger partial charge in [0.1, 0.15) is 11.6 Å². The number of aromatic amines is 1. The number of nitrogens with one attached hydrogen (secondary N) is 2. The van der Waals surface area contributed by atoms with E-state index in [0.29, 0.717) is 19.0 Å². The van der Waals surface area contributed by atoms with Crippen LogP contribution >= 0.6 is 0 Å². The van der Waals surface area contributed by atoms with Crippen LogP contribution in [0.1, 0.15) is 23.4 Å². The molecule has 0 fully saturated rings. The molecule has 0 unspecified atom stereocenters. The number of rotatable bonds is 6. The van der Waals surface area contributed by atoms with Gasteiger partial charge in [0.2, 0.25) is 0 Å². The Labute approximate surface area is 116 Å². The lowest BCUT2D eigenvalue weighted by atomic mass is 10.3. The molecule has 0 amide bonds. The molecule has 106 valence electrons. The van der Waals surface area contributed by atoms with Crippen LogP contribution in [0.2, 0.25) is 0 Å². The number of hydrogen-bond acceptors (Lipinski definition) is 6. The van der Waals surface area contributed by atoms with Crippen molar-refractivity contribution in [1.82, 2.24) is 15.2 Å². The van der Waals surface area contributed by atoms with Crippen LogP contribution in [0.15, 0.2) is 24.3 Å². The first kappa shape index (κ1) is 13.9. The standard InChI is InChI=1S/C13H16N4O3/c1-3-20-13(18)12-15-11(16-17-12)8-14-9-5-4-6-10(7-9)19-2/h4-7,14H,3,8H2,1-2H3,(H,15,16,17). The Kier molecular flexibility index (Phi) is 4.54. The quantitative estimate of drug-likeness (QED) is 0.779. The van der Waals surface area contributed by atoms with Crippen molar-refractivity contribution in [1.29, 1.82) is 0 Å². The van der Waals surface area contributed by atoms with E-state index >= 15 is 0 Å². The number of esters is 1. The Morgan fingerprint density at radius 1 is 1.45 bits per heavy atom. The van der Waals surface area contributed by atoms with Crippen molar-refractivity contribution in [2.24, 2.45) is 0 Å². The fourth-order valence-corrected chi connectivity index (χ4v) is 1.58. The Bertz CT molecular complexity index is 583. The van der Waals surface area contributed by atoms with Gasteiger partial charge in [-0.1, -0.05) is 6.07 Å². The van der Waals surface area contributed by atoms with Gasteiger partial charge in [-0.25, -0.2) is 9.78 Å². The molecule has 0 bridgehead atoms. The van der Waals surface area contributed by atoms with Gasteiger partial charge in [0.25, 0.3) is 5.82 Å². The van der Waals surface area contributed by atoms with Crippen molar-refractivity contribution >= 4 is 11.7 Å². The Morgan fingerprint density at radius 3 is 3.05 bits per heavy atom. The van der Waals surface area contributed by atoms with Gasteiger partial charge in [-0.2, -0.15) is 0 Å². The molecule has 0 radical (unpaired) electrons. The van der Waals surface area contributed by atoms with Crippen molar-refractivity contribution in [2.45, 2.75) is 13.5 Å². The Hall–Kier alpha value is -2.57. The molecule has 1 heterocycles. The van der Waals surface area contributed by atoms with Crippen LogP contribution < -0.4 is 10.1 Å². The molecule has 7 heteroatoms. The number of carbonyl (C=O) groups is 1. The maximum Gasteiger partial charge on any atom is 0.378 e. The highest BCUT2D eigenvalue weighted by Crippen LogP contribution is 2.16. The van der Waals surface area contributed by atoms with Gasteiger partial charge in [0.15, 0.2) is 0 Å². The van der Waals surface area contributed by atoms with Gasteiger partial charge in [-0.05, 0) is 19.1 Å². The molecule has 2 aromatic rings. The maximum atomic E-state index is 11.4. The summed E-state index contributed by atoms with van der Waals surface area (Å²) >= 11 is 0. The minimum absolute atomic E-state index is 0.0364. The molecule has 1 aromatic carbocycles. The van der Waals surface area contributed by atoms with E-state index in [1.54, 1.807) is 14.0 Å². The average molecular weight is 276 g/mol. The summed E-state index contributed by atoms with van der Waals surface area (Å²) in [6, 6.07) is 7.51. The van der Waals surface area contributed by atoms with Crippen molar-refractivity contribution in [3.05, 3.63) is 35.9 Å². The van der Waals surface area contributed by atoms with E-state index in [9.17, 15) is 4.79 Å². The van der Waals surface area contributed by atoms with Gasteiger partial charge in [-0.15, -0.1) is 5.10 Å². The summed E-state index contributed by atoms with van der Waals surface area (Å²) in [5, 5.41) is 9.65. The van der Waals surface area contributed by atoms with Crippen molar-refractivity contribution in [2.75, 3.05) is 19.0 Å². The lowest BCUT2D eigenvalue weighted by Crippen LogP contribution is -2.07. The molecule has 0 aliphatic carbocycles. The number of H-pyrrole nitrogens is 1. The monoisotopic (exact) mass is 276 g/mol. The van der Waals surface area contributed by atoms with E-state index in [-0.39, 0.29) is 5.82 Å². The zero-order valence-corrected chi connectivity index (χ0v) is 11.3. The van der Waals surface area contributed by atoms with E-state index in [4.69, 9.17) is 9.47 Å². The van der Waals surface area contributed by atoms with Crippen LogP contribution in [-0.4, -0.2) is 34.9 Å². The number of hydrogen-bond donors (Lipinski definition) is 2. The Morgan fingerprint density at radius 2 is 2.30 bits per heavy atom. The first-order valence-electron chi connectivity index (χ1n) is 6.19. The summed E-state index contributed by atoms with van der Waals surface area (Å²) in [7, 11) is 1.61. The predicted octanol–water partition coefficient (Wildman–Crippen LogP) is 1.60. The number of benzene rings is 1. The molecule has 0 aliphatic heterocycles. The van der Waals surface area contributed by atoms with Crippen LogP contribution in [-0.2, 0) is 11.3 Å². The molecule has 0 atom stereocenters. The molecule has 7 nitrogen and oxygen atoms in total. The van der Waals surface area contributed by atoms with Gasteiger partial charge in [0.05, 0.1) is 20.3 Å². The highest BCUT2D eigenvalue weighted by atomic mass is 16.5. The van der Waals surface area contributed by atoms with Gasteiger partial charge in [0, 0.05) is 11.8 Å². The SMILES string of the molecule is CCOC(=O)c1n[nH]c(CNc2cccc(OC)c2)n1. The van der Waals surface area contributed by atoms with Crippen molar-refractivity contribution in [3.63, 3.8) is 0 Å². The number of anilines is 1. The average Bonchev–Trinajstić information content (AvgIpc) is 2.94. The first-order chi connectivity index (χ1) is 9.72. The van der Waals surface area contributed by atoms with Crippen LogP contribution in [0.25, 0.3) is 0 Å². The van der Waals surface area contributed by atoms with E-state index in [2.05, 4.69) is 20.5 Å². The normalized spacial score (nSPS) is 10.1. The van der Waals surface area contributed by atoms with E-state index < -0.39 is 5.97 Å². The highest BCUT2D eigenvalue weighted by Gasteiger charge is 2.12. The van der Waals surface area contributed by atoms with Gasteiger partial charge < -0.3 is 14.8 Å². The molecule has 0 aliphatic rings. The lowest BCUT2D eigenvalue weighted by Gasteiger charge is -2.05. The molecule has 0 saturated heterocycles. The number of ether oxygens (including phenoxy) is 2. The molecule has 0 saturated carbocycles. The van der Waals surface area contributed by atoms with Crippen molar-refractivity contribution in [3.8, 4) is 5.75 Å². The minimum Gasteiger partial charge on any atom is -0.497 e. The second kappa shape index (κ2) is 6.55. The molecule has 2 N–H and O–H groups in total. The third kappa shape index (κ3) is 3.47. The largest absolute Gasteiger partial charge is 0.497 e. The van der Waals surface area contributed by atoms with Crippen LogP contribution in [0.4, 0.5) is 5.69 Å². The molecular formula is C13H16N4O3. The first-order valence-corrected chi connectivity index (χ1v) is 6.19. The van der Waals surface area contributed by atoms with Gasteiger partial charge in [-0.3, -0.25) is 5.10 Å². The summed E-state index contributed by atoms with van der Waals surface area (Å²) < 4.78 is 9.95. The fourth-order valence-electron chi connectivity index (χ4n) is 1.58. The minimum atomic E-state index is -0.531. The third-order valence-corrected chi connectivity index (χ3v) is 2.52. The van der Waals surface area contributed by atoms with E-state index in [1.165, 1.54) is 0 Å². The second-order valence-corrected chi connectivity index (χ2v) is 3.91. The summed E-state index contributed by atoms with van der Waals surface area (Å²) in [5.41, 5.74) is 0.887. The molecule has 20 heavy (non-hydrogen) atoms. The molecule has 0 spiro atoms. The number of methoxy groups -OCH3 is 1. The Balaban J connectivity index is 1.95. The second-order valence-electron chi connectivity index (χ2n) is 3.91. The summed E-state index contributed by atoms with van der Waals surface area (Å²) in [6.45, 7) is 2.44. The number of carbonyl (C=O) groups excluding carboxylic acids is 1. The summed E-state index contributed by atoms with van der Waals surface area (Å²) in [5.74, 6) is 0.821. The molecule has 2 rings (SSSR count). The molecular weight excluding hydrogens is 260 g/mol. The lowest BCUT2D eigenvalue weighted by molar-refractivity contribution is 0.0512. The molecule has 1 aromatic heterocycles. The fraction of sp³-hybridized carbons (Fsp3) is 0.308. The number of aromatic nitrogens is 3. The summed E-state index contributed by atoms with van der Waals surface area (Å²) in [4.78, 5) is 15.5. The zero-order chi connectivity index (χ0) is 14.4. The zero-order valence-electron chi connectivity index (χ0n) is 11.3. The third-order valence-electron chi connectivity index (χ3n) is 2.52. The van der Waals surface area contributed by atoms with E-state index in [0.717, 1.165) is 11.4 Å². The smallest absolute Gasteiger partial charge is 0.378 e. The van der Waals surface area contributed by atoms with Crippen LogP contribution in [0.3, 0.4) is 0 Å². The summed E-state index contributed by atoms with van der Waals surface area (Å²) in [6.07, 6.45) is 0. The van der Waals surface area contributed by atoms with E-state index in [1.807, 2.05) is 24.3 Å². The maximum absolute atomic E-state index is 11.4. The predicted molar refractivity (Wildman–Crippen MR) is 72.7 cm³/mol. The van der Waals surface area contributed by atoms with Crippen LogP contribution in [0, 0.1) is 0 Å². The van der Waals surface area contributed by atoms with Crippen molar-refractivity contribution < 1.29 is 14.3 Å².